The maximum absolute atomic E-state index is 12.6. The number of alkyl halides is 3. The van der Waals surface area contributed by atoms with Crippen molar-refractivity contribution in [2.45, 2.75) is 19.0 Å². The highest BCUT2D eigenvalue weighted by atomic mass is 32.1. The number of guanidine groups is 1. The lowest BCUT2D eigenvalue weighted by molar-refractivity contribution is -0.140. The highest BCUT2D eigenvalue weighted by molar-refractivity contribution is 7.09. The topological polar surface area (TPSA) is 67.8 Å². The third-order valence-corrected chi connectivity index (χ3v) is 4.76. The second kappa shape index (κ2) is 10.2. The number of rotatable bonds is 8. The van der Waals surface area contributed by atoms with Gasteiger partial charge >= 0.3 is 6.18 Å². The Balaban J connectivity index is 1.76. The van der Waals surface area contributed by atoms with E-state index in [9.17, 15) is 13.2 Å². The third-order valence-electron chi connectivity index (χ3n) is 3.85. The molecule has 1 aromatic carbocycles. The van der Waals surface area contributed by atoms with Gasteiger partial charge in [-0.05, 0) is 24.1 Å². The first-order chi connectivity index (χ1) is 13.4. The number of aromatic nitrogens is 1. The summed E-state index contributed by atoms with van der Waals surface area (Å²) < 4.78 is 48.2. The van der Waals surface area contributed by atoms with Crippen molar-refractivity contribution in [3.8, 4) is 11.5 Å². The van der Waals surface area contributed by atoms with Crippen LogP contribution in [-0.4, -0.2) is 45.3 Å². The Morgan fingerprint density at radius 2 is 1.79 bits per heavy atom. The van der Waals surface area contributed by atoms with Crippen molar-refractivity contribution in [3.05, 3.63) is 39.8 Å². The number of hydrogen-bond acceptors (Lipinski definition) is 5. The van der Waals surface area contributed by atoms with Crippen LogP contribution in [0.25, 0.3) is 0 Å². The van der Waals surface area contributed by atoms with Crippen molar-refractivity contribution in [2.75, 3.05) is 34.4 Å². The van der Waals surface area contributed by atoms with Crippen LogP contribution >= 0.6 is 11.3 Å². The van der Waals surface area contributed by atoms with Crippen LogP contribution in [0.2, 0.25) is 0 Å². The summed E-state index contributed by atoms with van der Waals surface area (Å²) in [6, 6.07) is 5.72. The van der Waals surface area contributed by atoms with Gasteiger partial charge < -0.3 is 20.1 Å². The Morgan fingerprint density at radius 3 is 2.36 bits per heavy atom. The van der Waals surface area contributed by atoms with Gasteiger partial charge in [0.2, 0.25) is 0 Å². The predicted molar refractivity (Wildman–Crippen MR) is 103 cm³/mol. The number of nitrogens with zero attached hydrogens (tertiary/aromatic N) is 2. The van der Waals surface area contributed by atoms with Gasteiger partial charge in [-0.15, -0.1) is 11.3 Å². The van der Waals surface area contributed by atoms with Crippen LogP contribution in [0.15, 0.2) is 28.6 Å². The van der Waals surface area contributed by atoms with Crippen molar-refractivity contribution in [2.24, 2.45) is 4.99 Å². The van der Waals surface area contributed by atoms with E-state index in [1.54, 1.807) is 21.3 Å². The lowest BCUT2D eigenvalue weighted by atomic mass is 10.1. The molecule has 0 radical (unpaired) electrons. The van der Waals surface area contributed by atoms with E-state index in [0.29, 0.717) is 42.0 Å². The van der Waals surface area contributed by atoms with Gasteiger partial charge in [0.05, 0.1) is 19.2 Å². The zero-order valence-electron chi connectivity index (χ0n) is 15.9. The third kappa shape index (κ3) is 6.29. The van der Waals surface area contributed by atoms with Crippen LogP contribution in [0.3, 0.4) is 0 Å². The minimum Gasteiger partial charge on any atom is -0.493 e. The largest absolute Gasteiger partial charge is 0.493 e. The Labute approximate surface area is 165 Å². The molecule has 0 unspecified atom stereocenters. The predicted octanol–water partition coefficient (Wildman–Crippen LogP) is 3.13. The Hall–Kier alpha value is -2.49. The number of hydrogen-bond donors (Lipinski definition) is 2. The van der Waals surface area contributed by atoms with Crippen LogP contribution < -0.4 is 20.1 Å². The Kier molecular flexibility index (Phi) is 7.91. The molecule has 2 rings (SSSR count). The van der Waals surface area contributed by atoms with E-state index in [-0.39, 0.29) is 0 Å². The average Bonchev–Trinajstić information content (AvgIpc) is 3.16. The zero-order chi connectivity index (χ0) is 20.6. The minimum atomic E-state index is -4.40. The minimum absolute atomic E-state index is 0.386. The fourth-order valence-corrected chi connectivity index (χ4v) is 3.23. The maximum Gasteiger partial charge on any atom is 0.434 e. The van der Waals surface area contributed by atoms with Crippen LogP contribution in [0.4, 0.5) is 13.2 Å². The molecule has 0 spiro atoms. The Morgan fingerprint density at radius 1 is 1.11 bits per heavy atom. The molecule has 1 aromatic heterocycles. The van der Waals surface area contributed by atoms with E-state index in [1.165, 1.54) is 0 Å². The summed E-state index contributed by atoms with van der Waals surface area (Å²) in [7, 11) is 4.81. The van der Waals surface area contributed by atoms with Crippen LogP contribution in [0, 0.1) is 0 Å². The molecule has 10 heteroatoms. The number of methoxy groups -OCH3 is 2. The molecule has 6 nitrogen and oxygen atoms in total. The smallest absolute Gasteiger partial charge is 0.434 e. The molecule has 0 amide bonds. The number of benzene rings is 1. The molecule has 0 aliphatic rings. The van der Waals surface area contributed by atoms with Crippen LogP contribution in [0.5, 0.6) is 11.5 Å². The molecular weight excluding hydrogens is 393 g/mol. The molecule has 2 N–H and O–H groups in total. The van der Waals surface area contributed by atoms with Gasteiger partial charge in [0.1, 0.15) is 0 Å². The summed E-state index contributed by atoms with van der Waals surface area (Å²) in [5.41, 5.74) is 0.230. The van der Waals surface area contributed by atoms with Crippen molar-refractivity contribution >= 4 is 17.3 Å². The molecule has 1 heterocycles. The van der Waals surface area contributed by atoms with Crippen molar-refractivity contribution in [3.63, 3.8) is 0 Å². The Bertz CT molecular complexity index is 793. The zero-order valence-corrected chi connectivity index (χ0v) is 16.7. The molecule has 28 heavy (non-hydrogen) atoms. The summed E-state index contributed by atoms with van der Waals surface area (Å²) in [6.45, 7) is 1.06. The number of thiazole rings is 1. The second-order valence-electron chi connectivity index (χ2n) is 5.74. The van der Waals surface area contributed by atoms with E-state index in [2.05, 4.69) is 20.6 Å². The number of halogens is 3. The SMILES string of the molecule is CN=C(NCCc1ccc(OC)c(OC)c1)NCCc1nc(C(F)(F)F)cs1. The normalized spacial score (nSPS) is 12.0. The van der Waals surface area contributed by atoms with Crippen LogP contribution in [0.1, 0.15) is 16.3 Å². The van der Waals surface area contributed by atoms with Gasteiger partial charge in [0.15, 0.2) is 23.2 Å². The molecule has 0 atom stereocenters. The fraction of sp³-hybridized carbons (Fsp3) is 0.444. The lowest BCUT2D eigenvalue weighted by Crippen LogP contribution is -2.39. The van der Waals surface area contributed by atoms with E-state index in [0.717, 1.165) is 28.7 Å². The number of ether oxygens (including phenoxy) is 2. The molecule has 0 fully saturated rings. The first-order valence-electron chi connectivity index (χ1n) is 8.54. The van der Waals surface area contributed by atoms with Gasteiger partial charge in [-0.2, -0.15) is 13.2 Å². The molecule has 154 valence electrons. The van der Waals surface area contributed by atoms with E-state index in [4.69, 9.17) is 9.47 Å². The highest BCUT2D eigenvalue weighted by Crippen LogP contribution is 2.30. The van der Waals surface area contributed by atoms with Gasteiger partial charge in [-0.1, -0.05) is 6.07 Å². The van der Waals surface area contributed by atoms with Crippen LogP contribution in [-0.2, 0) is 19.0 Å². The van der Waals surface area contributed by atoms with Gasteiger partial charge in [-0.3, -0.25) is 4.99 Å². The summed E-state index contributed by atoms with van der Waals surface area (Å²) in [5.74, 6) is 1.92. The average molecular weight is 416 g/mol. The molecular formula is C18H23F3N4O2S. The first-order valence-corrected chi connectivity index (χ1v) is 9.42. The summed E-state index contributed by atoms with van der Waals surface area (Å²) in [4.78, 5) is 7.72. The monoisotopic (exact) mass is 416 g/mol. The van der Waals surface area contributed by atoms with Crippen molar-refractivity contribution in [1.82, 2.24) is 15.6 Å². The fourth-order valence-electron chi connectivity index (χ4n) is 2.43. The summed E-state index contributed by atoms with van der Waals surface area (Å²) in [6.07, 6.45) is -3.27. The molecule has 0 aliphatic carbocycles. The molecule has 0 aliphatic heterocycles. The van der Waals surface area contributed by atoms with Crippen molar-refractivity contribution in [1.29, 1.82) is 0 Å². The molecule has 0 saturated heterocycles. The van der Waals surface area contributed by atoms with Gasteiger partial charge in [-0.25, -0.2) is 4.98 Å². The molecule has 0 bridgehead atoms. The lowest BCUT2D eigenvalue weighted by Gasteiger charge is -2.12. The number of aliphatic imine (C=N–C) groups is 1. The highest BCUT2D eigenvalue weighted by Gasteiger charge is 2.33. The first kappa shape index (κ1) is 21.8. The molecule has 0 saturated carbocycles. The van der Waals surface area contributed by atoms with Gasteiger partial charge in [0.25, 0.3) is 0 Å². The second-order valence-corrected chi connectivity index (χ2v) is 6.68. The van der Waals surface area contributed by atoms with E-state index < -0.39 is 11.9 Å². The summed E-state index contributed by atoms with van der Waals surface area (Å²) in [5, 5.41) is 7.71. The van der Waals surface area contributed by atoms with E-state index in [1.807, 2.05) is 18.2 Å². The van der Waals surface area contributed by atoms with Gasteiger partial charge in [0, 0.05) is 31.9 Å². The van der Waals surface area contributed by atoms with Crippen molar-refractivity contribution < 1.29 is 22.6 Å². The summed E-state index contributed by atoms with van der Waals surface area (Å²) >= 11 is 1.00. The quantitative estimate of drug-likeness (QED) is 0.511. The standard InChI is InChI=1S/C18H23F3N4O2S/c1-22-17(24-9-7-16-25-15(11-28-16)18(19,20)21)23-8-6-12-4-5-13(26-2)14(10-12)27-3/h4-5,10-11H,6-9H2,1-3H3,(H2,22,23,24). The van der Waals surface area contributed by atoms with E-state index >= 15 is 0 Å². The maximum atomic E-state index is 12.6. The number of nitrogens with one attached hydrogen (secondary N) is 2. The molecule has 2 aromatic rings.